The predicted octanol–water partition coefficient (Wildman–Crippen LogP) is 4.72. The molecule has 0 aliphatic carbocycles. The predicted molar refractivity (Wildman–Crippen MR) is 105 cm³/mol. The Morgan fingerprint density at radius 1 is 1.13 bits per heavy atom. The summed E-state index contributed by atoms with van der Waals surface area (Å²) in [6.45, 7) is 0.394. The van der Waals surface area contributed by atoms with Crippen LogP contribution in [0.3, 0.4) is 0 Å². The molecule has 1 fully saturated rings. The molecule has 0 saturated carbocycles. The summed E-state index contributed by atoms with van der Waals surface area (Å²) < 4.78 is 48.8. The minimum absolute atomic E-state index is 0.0659. The van der Waals surface area contributed by atoms with Gasteiger partial charge < -0.3 is 9.47 Å². The van der Waals surface area contributed by atoms with Crippen LogP contribution in [0.1, 0.15) is 35.6 Å². The number of likely N-dealkylation sites (tertiary alicyclic amines) is 1. The molecule has 1 saturated heterocycles. The average molecular weight is 431 g/mol. The second kappa shape index (κ2) is 9.56. The largest absolute Gasteiger partial charge is 0.445 e. The van der Waals surface area contributed by atoms with E-state index in [2.05, 4.69) is 5.92 Å². The standard InChI is InChI=1S/C23H20F3NO4/c1-2-20(17-10-12-18(13-11-17)23(24,25)26)31-21(28)19-9-6-14-27(19)22(29)30-15-16-7-4-3-5-8-16/h1,3-5,7-8,10-13,19-20H,6,9,14-15H2/t19-,20?/m0/s1. The zero-order chi connectivity index (χ0) is 22.4. The summed E-state index contributed by atoms with van der Waals surface area (Å²) in [6.07, 6.45) is 0.0974. The number of ether oxygens (including phenoxy) is 2. The van der Waals surface area contributed by atoms with Gasteiger partial charge in [0.05, 0.1) is 5.56 Å². The third kappa shape index (κ3) is 5.57. The third-order valence-electron chi connectivity index (χ3n) is 4.89. The maximum Gasteiger partial charge on any atom is 0.416 e. The van der Waals surface area contributed by atoms with E-state index in [-0.39, 0.29) is 12.2 Å². The lowest BCUT2D eigenvalue weighted by molar-refractivity contribution is -0.151. The van der Waals surface area contributed by atoms with Gasteiger partial charge in [-0.3, -0.25) is 4.90 Å². The van der Waals surface area contributed by atoms with Crippen molar-refractivity contribution >= 4 is 12.1 Å². The Bertz CT molecular complexity index is 952. The Hall–Kier alpha value is -3.47. The van der Waals surface area contributed by atoms with Crippen LogP contribution in [0.15, 0.2) is 54.6 Å². The minimum Gasteiger partial charge on any atom is -0.445 e. The molecular formula is C23H20F3NO4. The van der Waals surface area contributed by atoms with Crippen molar-refractivity contribution < 1.29 is 32.2 Å². The Morgan fingerprint density at radius 3 is 2.42 bits per heavy atom. The number of esters is 1. The fraction of sp³-hybridized carbons (Fsp3) is 0.304. The van der Waals surface area contributed by atoms with Gasteiger partial charge in [0, 0.05) is 12.1 Å². The van der Waals surface area contributed by atoms with E-state index in [9.17, 15) is 22.8 Å². The van der Waals surface area contributed by atoms with E-state index in [1.165, 1.54) is 17.0 Å². The van der Waals surface area contributed by atoms with Gasteiger partial charge in [0.1, 0.15) is 12.6 Å². The van der Waals surface area contributed by atoms with Crippen molar-refractivity contribution in [3.05, 3.63) is 71.3 Å². The van der Waals surface area contributed by atoms with Crippen molar-refractivity contribution in [2.75, 3.05) is 6.54 Å². The van der Waals surface area contributed by atoms with Gasteiger partial charge >= 0.3 is 18.2 Å². The van der Waals surface area contributed by atoms with Crippen molar-refractivity contribution in [2.45, 2.75) is 37.8 Å². The summed E-state index contributed by atoms with van der Waals surface area (Å²) in [5, 5.41) is 0. The number of alkyl halides is 3. The molecule has 3 rings (SSSR count). The molecule has 0 bridgehead atoms. The smallest absolute Gasteiger partial charge is 0.416 e. The summed E-state index contributed by atoms with van der Waals surface area (Å²) in [7, 11) is 0. The Morgan fingerprint density at radius 2 is 1.81 bits per heavy atom. The first-order chi connectivity index (χ1) is 14.8. The number of carbonyl (C=O) groups excluding carboxylic acids is 2. The summed E-state index contributed by atoms with van der Waals surface area (Å²) in [4.78, 5) is 26.4. The van der Waals surface area contributed by atoms with Crippen LogP contribution in [-0.4, -0.2) is 29.5 Å². The molecule has 0 radical (unpaired) electrons. The molecule has 5 nitrogen and oxygen atoms in total. The lowest BCUT2D eigenvalue weighted by Crippen LogP contribution is -2.42. The number of rotatable bonds is 5. The van der Waals surface area contributed by atoms with E-state index in [0.717, 1.165) is 17.7 Å². The highest BCUT2D eigenvalue weighted by Crippen LogP contribution is 2.31. The highest BCUT2D eigenvalue weighted by Gasteiger charge is 2.37. The maximum absolute atomic E-state index is 12.7. The lowest BCUT2D eigenvalue weighted by atomic mass is 10.1. The molecule has 31 heavy (non-hydrogen) atoms. The van der Waals surface area contributed by atoms with Crippen LogP contribution in [0.4, 0.5) is 18.0 Å². The molecule has 2 aromatic rings. The normalized spacial score (nSPS) is 17.0. The first kappa shape index (κ1) is 22.2. The SMILES string of the molecule is C#CC(OC(=O)[C@@H]1CCCN1C(=O)OCc1ccccc1)c1ccc(C(F)(F)F)cc1. The summed E-state index contributed by atoms with van der Waals surface area (Å²) in [5.74, 6) is 1.54. The van der Waals surface area contributed by atoms with E-state index < -0.39 is 35.9 Å². The molecule has 0 spiro atoms. The summed E-state index contributed by atoms with van der Waals surface area (Å²) in [6, 6.07) is 12.3. The second-order valence-corrected chi connectivity index (χ2v) is 6.99. The molecule has 0 N–H and O–H groups in total. The fourth-order valence-electron chi connectivity index (χ4n) is 3.27. The van der Waals surface area contributed by atoms with E-state index in [1.807, 2.05) is 30.3 Å². The van der Waals surface area contributed by atoms with Gasteiger partial charge in [-0.2, -0.15) is 13.2 Å². The zero-order valence-electron chi connectivity index (χ0n) is 16.5. The second-order valence-electron chi connectivity index (χ2n) is 6.99. The van der Waals surface area contributed by atoms with Gasteiger partial charge in [0.25, 0.3) is 0 Å². The molecule has 1 amide bonds. The van der Waals surface area contributed by atoms with E-state index in [4.69, 9.17) is 15.9 Å². The van der Waals surface area contributed by atoms with Crippen LogP contribution in [0.5, 0.6) is 0 Å². The van der Waals surface area contributed by atoms with Gasteiger partial charge in [-0.15, -0.1) is 6.42 Å². The molecule has 1 heterocycles. The van der Waals surface area contributed by atoms with Crippen molar-refractivity contribution in [3.63, 3.8) is 0 Å². The summed E-state index contributed by atoms with van der Waals surface area (Å²) in [5.41, 5.74) is 0.213. The molecule has 2 atom stereocenters. The monoisotopic (exact) mass is 431 g/mol. The van der Waals surface area contributed by atoms with Crippen molar-refractivity contribution in [1.82, 2.24) is 4.90 Å². The van der Waals surface area contributed by atoms with Gasteiger partial charge in [-0.05, 0) is 30.5 Å². The number of benzene rings is 2. The Labute approximate surface area is 177 Å². The quantitative estimate of drug-likeness (QED) is 0.508. The van der Waals surface area contributed by atoms with Crippen molar-refractivity contribution in [3.8, 4) is 12.3 Å². The van der Waals surface area contributed by atoms with Gasteiger partial charge in [0.15, 0.2) is 6.10 Å². The highest BCUT2D eigenvalue weighted by molar-refractivity contribution is 5.82. The van der Waals surface area contributed by atoms with Crippen LogP contribution in [0, 0.1) is 12.3 Å². The number of hydrogen-bond donors (Lipinski definition) is 0. The van der Waals surface area contributed by atoms with E-state index in [0.29, 0.717) is 19.4 Å². The topological polar surface area (TPSA) is 55.8 Å². The Balaban J connectivity index is 1.62. The van der Waals surface area contributed by atoms with Crippen LogP contribution >= 0.6 is 0 Å². The van der Waals surface area contributed by atoms with Gasteiger partial charge in [0.2, 0.25) is 0 Å². The molecule has 8 heteroatoms. The van der Waals surface area contributed by atoms with E-state index in [1.54, 1.807) is 0 Å². The van der Waals surface area contributed by atoms with Crippen LogP contribution in [0.2, 0.25) is 0 Å². The number of nitrogens with zero attached hydrogens (tertiary/aromatic N) is 1. The number of terminal acetylenes is 1. The number of hydrogen-bond acceptors (Lipinski definition) is 4. The molecule has 1 unspecified atom stereocenters. The average Bonchev–Trinajstić information content (AvgIpc) is 3.26. The number of halogens is 3. The van der Waals surface area contributed by atoms with Crippen LogP contribution in [-0.2, 0) is 27.1 Å². The van der Waals surface area contributed by atoms with E-state index >= 15 is 0 Å². The third-order valence-corrected chi connectivity index (χ3v) is 4.89. The van der Waals surface area contributed by atoms with Crippen molar-refractivity contribution in [1.29, 1.82) is 0 Å². The molecule has 2 aromatic carbocycles. The minimum atomic E-state index is -4.48. The van der Waals surface area contributed by atoms with Gasteiger partial charge in [-0.25, -0.2) is 9.59 Å². The van der Waals surface area contributed by atoms with Gasteiger partial charge in [-0.1, -0.05) is 48.4 Å². The number of amides is 1. The molecule has 1 aliphatic rings. The molecule has 162 valence electrons. The fourth-order valence-corrected chi connectivity index (χ4v) is 3.27. The number of carbonyl (C=O) groups is 2. The molecular weight excluding hydrogens is 411 g/mol. The first-order valence-electron chi connectivity index (χ1n) is 9.60. The van der Waals surface area contributed by atoms with Crippen LogP contribution < -0.4 is 0 Å². The zero-order valence-corrected chi connectivity index (χ0v) is 16.5. The highest BCUT2D eigenvalue weighted by atomic mass is 19.4. The lowest BCUT2D eigenvalue weighted by Gasteiger charge is -2.24. The summed E-state index contributed by atoms with van der Waals surface area (Å²) >= 11 is 0. The first-order valence-corrected chi connectivity index (χ1v) is 9.60. The molecule has 0 aromatic heterocycles. The molecule has 1 aliphatic heterocycles. The van der Waals surface area contributed by atoms with Crippen LogP contribution in [0.25, 0.3) is 0 Å². The Kier molecular flexibility index (Phi) is 6.85. The maximum atomic E-state index is 12.7. The van der Waals surface area contributed by atoms with Crippen molar-refractivity contribution in [2.24, 2.45) is 0 Å².